The smallest absolute Gasteiger partial charge is 0.264 e. The molecule has 0 saturated carbocycles. The van der Waals surface area contributed by atoms with E-state index in [1.165, 1.54) is 41.7 Å². The van der Waals surface area contributed by atoms with E-state index in [1.54, 1.807) is 19.1 Å². The lowest BCUT2D eigenvalue weighted by molar-refractivity contribution is 0.414. The summed E-state index contributed by atoms with van der Waals surface area (Å²) in [7, 11) is -6.16. The predicted octanol–water partition coefficient (Wildman–Crippen LogP) is 2.80. The van der Waals surface area contributed by atoms with Gasteiger partial charge in [-0.05, 0) is 67.8 Å². The van der Waals surface area contributed by atoms with Crippen LogP contribution in [0.3, 0.4) is 0 Å². The number of sulfonamides is 2. The fraction of sp³-hybridized carbons (Fsp3) is 0.263. The lowest BCUT2D eigenvalue weighted by Gasteiger charge is -2.30. The number of ether oxygens (including phenoxy) is 1. The molecule has 0 amide bonds. The van der Waals surface area contributed by atoms with E-state index in [-0.39, 0.29) is 14.9 Å². The highest BCUT2D eigenvalue weighted by Gasteiger charge is 2.30. The van der Waals surface area contributed by atoms with Gasteiger partial charge in [-0.1, -0.05) is 11.3 Å². The molecule has 0 unspecified atom stereocenters. The Bertz CT molecular complexity index is 1320. The number of hydrogen-bond acceptors (Lipinski definition) is 8. The van der Waals surface area contributed by atoms with Crippen LogP contribution in [-0.2, 0) is 26.5 Å². The van der Waals surface area contributed by atoms with Gasteiger partial charge in [-0.2, -0.15) is 0 Å². The maximum Gasteiger partial charge on any atom is 0.264 e. The lowest BCUT2D eigenvalue weighted by atomic mass is 10.0. The first-order valence-corrected chi connectivity index (χ1v) is 13.1. The third-order valence-corrected chi connectivity index (χ3v) is 8.88. The van der Waals surface area contributed by atoms with Crippen LogP contribution in [0.25, 0.3) is 0 Å². The molecule has 4 rings (SSSR count). The van der Waals surface area contributed by atoms with E-state index < -0.39 is 20.0 Å². The number of nitrogens with one attached hydrogen (secondary N) is 1. The van der Waals surface area contributed by atoms with E-state index in [0.717, 1.165) is 11.3 Å². The monoisotopic (exact) mass is 480 g/mol. The van der Waals surface area contributed by atoms with Gasteiger partial charge < -0.3 is 4.74 Å². The van der Waals surface area contributed by atoms with Crippen molar-refractivity contribution in [1.82, 2.24) is 10.2 Å². The standard InChI is InChI=1S/C19H20N4O5S3/c1-13-20-21-19(29-13)22-30(24,25)17-9-10-18-14(12-17)4-3-11-23(18)31(26,27)16-7-5-15(28-2)6-8-16/h5-10,12H,3-4,11H2,1-2H3,(H,21,22). The Labute approximate surface area is 184 Å². The summed E-state index contributed by atoms with van der Waals surface area (Å²) in [6.07, 6.45) is 1.15. The van der Waals surface area contributed by atoms with Gasteiger partial charge in [0, 0.05) is 6.54 Å². The van der Waals surface area contributed by atoms with Gasteiger partial charge in [-0.15, -0.1) is 10.2 Å². The molecule has 2 aromatic carbocycles. The highest BCUT2D eigenvalue weighted by atomic mass is 32.2. The van der Waals surface area contributed by atoms with Crippen LogP contribution in [0.2, 0.25) is 0 Å². The molecular weight excluding hydrogens is 460 g/mol. The van der Waals surface area contributed by atoms with Crippen LogP contribution in [0.1, 0.15) is 17.0 Å². The van der Waals surface area contributed by atoms with E-state index in [1.807, 2.05) is 0 Å². The van der Waals surface area contributed by atoms with Crippen LogP contribution in [0, 0.1) is 6.92 Å². The Morgan fingerprint density at radius 2 is 1.74 bits per heavy atom. The van der Waals surface area contributed by atoms with Crippen molar-refractivity contribution in [2.24, 2.45) is 0 Å². The highest BCUT2D eigenvalue weighted by Crippen LogP contribution is 2.34. The number of aryl methyl sites for hydroxylation is 2. The fourth-order valence-electron chi connectivity index (χ4n) is 3.34. The summed E-state index contributed by atoms with van der Waals surface area (Å²) < 4.78 is 60.7. The predicted molar refractivity (Wildman–Crippen MR) is 118 cm³/mol. The number of hydrogen-bond donors (Lipinski definition) is 1. The van der Waals surface area contributed by atoms with Crippen molar-refractivity contribution in [1.29, 1.82) is 0 Å². The minimum Gasteiger partial charge on any atom is -0.497 e. The van der Waals surface area contributed by atoms with Gasteiger partial charge in [-0.25, -0.2) is 16.8 Å². The summed E-state index contributed by atoms with van der Waals surface area (Å²) in [5.74, 6) is 0.561. The van der Waals surface area contributed by atoms with Gasteiger partial charge in [0.25, 0.3) is 20.0 Å². The molecule has 0 saturated heterocycles. The van der Waals surface area contributed by atoms with Crippen LogP contribution < -0.4 is 13.8 Å². The van der Waals surface area contributed by atoms with Crippen molar-refractivity contribution < 1.29 is 21.6 Å². The van der Waals surface area contributed by atoms with E-state index in [2.05, 4.69) is 14.9 Å². The Hall–Kier alpha value is -2.70. The van der Waals surface area contributed by atoms with Gasteiger partial charge in [0.05, 0.1) is 22.6 Å². The third-order valence-electron chi connectivity index (χ3n) is 4.83. The number of benzene rings is 2. The van der Waals surface area contributed by atoms with Crippen LogP contribution in [-0.4, -0.2) is 40.7 Å². The normalized spacial score (nSPS) is 14.2. The summed E-state index contributed by atoms with van der Waals surface area (Å²) in [4.78, 5) is 0.189. The third kappa shape index (κ3) is 4.23. The van der Waals surface area contributed by atoms with Crippen molar-refractivity contribution in [3.63, 3.8) is 0 Å². The quantitative estimate of drug-likeness (QED) is 0.576. The maximum atomic E-state index is 13.2. The fourth-order valence-corrected chi connectivity index (χ4v) is 6.76. The summed E-state index contributed by atoms with van der Waals surface area (Å²) >= 11 is 1.13. The Balaban J connectivity index is 1.66. The van der Waals surface area contributed by atoms with Gasteiger partial charge >= 0.3 is 0 Å². The van der Waals surface area contributed by atoms with Gasteiger partial charge in [-0.3, -0.25) is 9.03 Å². The number of fused-ring (bicyclic) bond motifs is 1. The van der Waals surface area contributed by atoms with E-state index in [9.17, 15) is 16.8 Å². The Kier molecular flexibility index (Phi) is 5.62. The van der Waals surface area contributed by atoms with Crippen molar-refractivity contribution in [3.05, 3.63) is 53.0 Å². The average molecular weight is 481 g/mol. The highest BCUT2D eigenvalue weighted by molar-refractivity contribution is 7.93. The van der Waals surface area contributed by atoms with E-state index in [4.69, 9.17) is 4.74 Å². The van der Waals surface area contributed by atoms with Gasteiger partial charge in [0.15, 0.2) is 0 Å². The first kappa shape index (κ1) is 21.5. The number of aromatic nitrogens is 2. The number of nitrogens with zero attached hydrogens (tertiary/aromatic N) is 3. The van der Waals surface area contributed by atoms with Crippen LogP contribution in [0.5, 0.6) is 5.75 Å². The van der Waals surface area contributed by atoms with Crippen LogP contribution in [0.15, 0.2) is 52.3 Å². The molecule has 1 aliphatic rings. The molecule has 3 aromatic rings. The Morgan fingerprint density at radius 3 is 2.39 bits per heavy atom. The number of methoxy groups -OCH3 is 1. The first-order chi connectivity index (χ1) is 14.7. The molecule has 0 fully saturated rings. The first-order valence-electron chi connectivity index (χ1n) is 9.33. The molecule has 12 heteroatoms. The second-order valence-electron chi connectivity index (χ2n) is 6.88. The SMILES string of the molecule is COc1ccc(S(=O)(=O)N2CCCc3cc(S(=O)(=O)Nc4nnc(C)s4)ccc32)cc1. The molecule has 1 aromatic heterocycles. The minimum absolute atomic E-state index is 0.0443. The molecule has 31 heavy (non-hydrogen) atoms. The molecular formula is C19H20N4O5S3. The van der Waals surface area contributed by atoms with Crippen molar-refractivity contribution in [2.45, 2.75) is 29.6 Å². The van der Waals surface area contributed by atoms with Crippen molar-refractivity contribution in [2.75, 3.05) is 22.7 Å². The molecule has 0 atom stereocenters. The van der Waals surface area contributed by atoms with Crippen molar-refractivity contribution >= 4 is 42.2 Å². The molecule has 9 nitrogen and oxygen atoms in total. The Morgan fingerprint density at radius 1 is 1.03 bits per heavy atom. The van der Waals surface area contributed by atoms with Gasteiger partial charge in [0.1, 0.15) is 10.8 Å². The van der Waals surface area contributed by atoms with Crippen LogP contribution in [0.4, 0.5) is 10.8 Å². The lowest BCUT2D eigenvalue weighted by Crippen LogP contribution is -2.35. The summed E-state index contributed by atoms with van der Waals surface area (Å²) in [6.45, 7) is 2.04. The molecule has 0 spiro atoms. The van der Waals surface area contributed by atoms with Crippen molar-refractivity contribution in [3.8, 4) is 5.75 Å². The van der Waals surface area contributed by atoms with E-state index in [0.29, 0.717) is 41.4 Å². The molecule has 0 aliphatic carbocycles. The van der Waals surface area contributed by atoms with Crippen LogP contribution >= 0.6 is 11.3 Å². The topological polar surface area (TPSA) is 119 Å². The molecule has 0 bridgehead atoms. The van der Waals surface area contributed by atoms with E-state index >= 15 is 0 Å². The zero-order valence-electron chi connectivity index (χ0n) is 16.8. The number of rotatable bonds is 6. The molecule has 2 heterocycles. The summed E-state index contributed by atoms with van der Waals surface area (Å²) in [5, 5.41) is 8.41. The molecule has 0 radical (unpaired) electrons. The zero-order valence-corrected chi connectivity index (χ0v) is 19.2. The maximum absolute atomic E-state index is 13.2. The molecule has 1 aliphatic heterocycles. The molecule has 164 valence electrons. The largest absolute Gasteiger partial charge is 0.497 e. The molecule has 1 N–H and O–H groups in total. The summed E-state index contributed by atoms with van der Waals surface area (Å²) in [6, 6.07) is 10.6. The second-order valence-corrected chi connectivity index (χ2v) is 11.6. The number of anilines is 2. The second kappa shape index (κ2) is 8.09. The zero-order chi connectivity index (χ0) is 22.2. The van der Waals surface area contributed by atoms with Gasteiger partial charge in [0.2, 0.25) is 5.13 Å². The summed E-state index contributed by atoms with van der Waals surface area (Å²) in [5.41, 5.74) is 1.13. The average Bonchev–Trinajstić information content (AvgIpc) is 3.16. The minimum atomic E-state index is -3.87.